The summed E-state index contributed by atoms with van der Waals surface area (Å²) in [7, 11) is 0. The van der Waals surface area contributed by atoms with Crippen LogP contribution in [0.2, 0.25) is 5.02 Å². The van der Waals surface area contributed by atoms with E-state index in [-0.39, 0.29) is 5.56 Å². The zero-order valence-corrected chi connectivity index (χ0v) is 16.1. The molecule has 142 valence electrons. The summed E-state index contributed by atoms with van der Waals surface area (Å²) in [5.74, 6) is 0.518. The molecule has 7 heteroatoms. The number of hydrogen-bond acceptors (Lipinski definition) is 4. The van der Waals surface area contributed by atoms with E-state index < -0.39 is 0 Å². The van der Waals surface area contributed by atoms with Gasteiger partial charge < -0.3 is 4.57 Å². The van der Waals surface area contributed by atoms with Gasteiger partial charge in [0.25, 0.3) is 5.56 Å². The van der Waals surface area contributed by atoms with Gasteiger partial charge in [-0.25, -0.2) is 9.97 Å². The molecule has 0 aliphatic heterocycles. The largest absolute Gasteiger partial charge is 0.330 e. The number of benzene rings is 1. The number of rotatable bonds is 5. The Morgan fingerprint density at radius 1 is 1.00 bits per heavy atom. The van der Waals surface area contributed by atoms with Gasteiger partial charge in [0, 0.05) is 36.8 Å². The highest BCUT2D eigenvalue weighted by molar-refractivity contribution is 6.30. The number of pyridine rings is 2. The molecule has 0 saturated heterocycles. The van der Waals surface area contributed by atoms with Crippen molar-refractivity contribution in [2.75, 3.05) is 0 Å². The van der Waals surface area contributed by atoms with E-state index in [9.17, 15) is 4.79 Å². The number of nitriles is 1. The maximum atomic E-state index is 12.0. The molecular formula is C22H16ClN5O. The minimum Gasteiger partial charge on any atom is -0.330 e. The predicted octanol–water partition coefficient (Wildman–Crippen LogP) is 3.59. The van der Waals surface area contributed by atoms with Crippen molar-refractivity contribution in [3.05, 3.63) is 111 Å². The number of nitrogens with zero attached hydrogens (tertiary/aromatic N) is 5. The Kier molecular flexibility index (Phi) is 5.23. The van der Waals surface area contributed by atoms with Gasteiger partial charge in [0.05, 0.1) is 29.5 Å². The molecule has 0 N–H and O–H groups in total. The molecule has 3 heterocycles. The van der Waals surface area contributed by atoms with Crippen LogP contribution in [0.4, 0.5) is 0 Å². The van der Waals surface area contributed by atoms with E-state index in [2.05, 4.69) is 20.6 Å². The van der Waals surface area contributed by atoms with Gasteiger partial charge in [0.2, 0.25) is 0 Å². The van der Waals surface area contributed by atoms with E-state index in [1.54, 1.807) is 30.9 Å². The lowest BCUT2D eigenvalue weighted by molar-refractivity contribution is 0.749. The van der Waals surface area contributed by atoms with Gasteiger partial charge in [-0.1, -0.05) is 29.8 Å². The molecule has 0 aliphatic rings. The molecule has 0 fully saturated rings. The van der Waals surface area contributed by atoms with Gasteiger partial charge in [-0.3, -0.25) is 9.36 Å². The van der Waals surface area contributed by atoms with Gasteiger partial charge in [0.1, 0.15) is 5.82 Å². The highest BCUT2D eigenvalue weighted by Crippen LogP contribution is 2.14. The van der Waals surface area contributed by atoms with Crippen LogP contribution in [-0.4, -0.2) is 19.1 Å². The molecule has 29 heavy (non-hydrogen) atoms. The summed E-state index contributed by atoms with van der Waals surface area (Å²) in [6, 6.07) is 16.4. The monoisotopic (exact) mass is 401 g/mol. The van der Waals surface area contributed by atoms with Gasteiger partial charge in [-0.2, -0.15) is 5.26 Å². The number of hydrogen-bond donors (Lipinski definition) is 0. The highest BCUT2D eigenvalue weighted by Gasteiger charge is 2.07. The maximum Gasteiger partial charge on any atom is 0.256 e. The molecule has 0 aliphatic carbocycles. The molecule has 0 unspecified atom stereocenters. The Morgan fingerprint density at radius 2 is 1.79 bits per heavy atom. The first-order chi connectivity index (χ1) is 14.1. The van der Waals surface area contributed by atoms with Crippen LogP contribution in [0.5, 0.6) is 0 Å². The average molecular weight is 402 g/mol. The van der Waals surface area contributed by atoms with E-state index in [0.717, 1.165) is 23.2 Å². The number of aromatic nitrogens is 4. The van der Waals surface area contributed by atoms with Crippen molar-refractivity contribution >= 4 is 11.6 Å². The van der Waals surface area contributed by atoms with Gasteiger partial charge in [-0.05, 0) is 35.4 Å². The third-order valence-electron chi connectivity index (χ3n) is 4.55. The molecule has 3 aromatic heterocycles. The zero-order valence-electron chi connectivity index (χ0n) is 15.4. The SMILES string of the molecule is N#Cc1ccc(Cc2cncn2Cc2ccc(-n3cc(Cl)ccc3=O)nc2)cc1. The van der Waals surface area contributed by atoms with Gasteiger partial charge in [0.15, 0.2) is 0 Å². The lowest BCUT2D eigenvalue weighted by Crippen LogP contribution is -2.17. The Labute approximate surface area is 172 Å². The number of imidazole rings is 1. The summed E-state index contributed by atoms with van der Waals surface area (Å²) in [5.41, 5.74) is 3.62. The number of halogens is 1. The summed E-state index contributed by atoms with van der Waals surface area (Å²) in [6.07, 6.45) is 7.64. The van der Waals surface area contributed by atoms with Crippen LogP contribution in [0.15, 0.2) is 78.2 Å². The normalized spacial score (nSPS) is 10.6. The summed E-state index contributed by atoms with van der Waals surface area (Å²) in [5, 5.41) is 9.39. The van der Waals surface area contributed by atoms with Crippen LogP contribution in [0.1, 0.15) is 22.4 Å². The second-order valence-corrected chi connectivity index (χ2v) is 7.02. The quantitative estimate of drug-likeness (QED) is 0.512. The van der Waals surface area contributed by atoms with Crippen LogP contribution in [0.3, 0.4) is 0 Å². The Morgan fingerprint density at radius 3 is 2.52 bits per heavy atom. The molecule has 0 saturated carbocycles. The van der Waals surface area contributed by atoms with E-state index in [4.69, 9.17) is 16.9 Å². The molecule has 4 rings (SSSR count). The molecule has 1 aromatic carbocycles. The fourth-order valence-electron chi connectivity index (χ4n) is 3.03. The first-order valence-corrected chi connectivity index (χ1v) is 9.32. The maximum absolute atomic E-state index is 12.0. The van der Waals surface area contributed by atoms with Crippen molar-refractivity contribution in [1.82, 2.24) is 19.1 Å². The van der Waals surface area contributed by atoms with Crippen LogP contribution < -0.4 is 5.56 Å². The molecular weight excluding hydrogens is 386 g/mol. The second kappa shape index (κ2) is 8.13. The van der Waals surface area contributed by atoms with Crippen molar-refractivity contribution in [3.63, 3.8) is 0 Å². The molecule has 4 aromatic rings. The highest BCUT2D eigenvalue weighted by atomic mass is 35.5. The van der Waals surface area contributed by atoms with Crippen LogP contribution in [0.25, 0.3) is 5.82 Å². The second-order valence-electron chi connectivity index (χ2n) is 6.58. The lowest BCUT2D eigenvalue weighted by Gasteiger charge is -2.10. The summed E-state index contributed by atoms with van der Waals surface area (Å²) >= 11 is 5.98. The Hall–Kier alpha value is -3.69. The smallest absolute Gasteiger partial charge is 0.256 e. The van der Waals surface area contributed by atoms with Crippen molar-refractivity contribution in [2.24, 2.45) is 0 Å². The molecule has 0 amide bonds. The van der Waals surface area contributed by atoms with Crippen molar-refractivity contribution in [3.8, 4) is 11.9 Å². The van der Waals surface area contributed by atoms with Crippen LogP contribution in [-0.2, 0) is 13.0 Å². The topological polar surface area (TPSA) is 76.5 Å². The summed E-state index contributed by atoms with van der Waals surface area (Å²) in [6.45, 7) is 0.614. The standard InChI is InChI=1S/C22H16ClN5O/c23-19-6-8-22(29)28(14-19)21-7-5-18(11-26-21)13-27-15-25-12-20(27)9-16-1-3-17(10-24)4-2-16/h1-8,11-12,14-15H,9,13H2. The molecule has 0 radical (unpaired) electrons. The van der Waals surface area contributed by atoms with E-state index in [1.165, 1.54) is 10.6 Å². The predicted molar refractivity (Wildman–Crippen MR) is 110 cm³/mol. The molecule has 0 atom stereocenters. The zero-order chi connectivity index (χ0) is 20.2. The molecule has 0 spiro atoms. The Balaban J connectivity index is 1.51. The first kappa shape index (κ1) is 18.7. The van der Waals surface area contributed by atoms with E-state index >= 15 is 0 Å². The summed E-state index contributed by atoms with van der Waals surface area (Å²) < 4.78 is 3.47. The van der Waals surface area contributed by atoms with Crippen LogP contribution in [0, 0.1) is 11.3 Å². The fraction of sp³-hybridized carbons (Fsp3) is 0.0909. The Bertz CT molecular complexity index is 1230. The fourth-order valence-corrected chi connectivity index (χ4v) is 3.19. The van der Waals surface area contributed by atoms with Crippen molar-refractivity contribution in [1.29, 1.82) is 5.26 Å². The van der Waals surface area contributed by atoms with Gasteiger partial charge in [-0.15, -0.1) is 0 Å². The minimum absolute atomic E-state index is 0.186. The van der Waals surface area contributed by atoms with Crippen molar-refractivity contribution in [2.45, 2.75) is 13.0 Å². The van der Waals surface area contributed by atoms with E-state index in [0.29, 0.717) is 22.9 Å². The van der Waals surface area contributed by atoms with Crippen LogP contribution >= 0.6 is 11.6 Å². The minimum atomic E-state index is -0.186. The third-order valence-corrected chi connectivity index (χ3v) is 4.77. The van der Waals surface area contributed by atoms with Crippen molar-refractivity contribution < 1.29 is 0 Å². The van der Waals surface area contributed by atoms with Gasteiger partial charge >= 0.3 is 0 Å². The van der Waals surface area contributed by atoms with E-state index in [1.807, 2.05) is 36.5 Å². The lowest BCUT2D eigenvalue weighted by atomic mass is 10.1. The molecule has 6 nitrogen and oxygen atoms in total. The average Bonchev–Trinajstić information content (AvgIpc) is 3.17. The molecule has 0 bridgehead atoms. The first-order valence-electron chi connectivity index (χ1n) is 8.94. The third kappa shape index (κ3) is 4.26. The summed E-state index contributed by atoms with van der Waals surface area (Å²) in [4.78, 5) is 20.7.